The van der Waals surface area contributed by atoms with Crippen LogP contribution in [0.25, 0.3) is 21.7 Å². The fourth-order valence-corrected chi connectivity index (χ4v) is 3.35. The molecule has 2 aromatic carbocycles. The van der Waals surface area contributed by atoms with Gasteiger partial charge in [0, 0.05) is 10.8 Å². The summed E-state index contributed by atoms with van der Waals surface area (Å²) in [6, 6.07) is 15.4. The van der Waals surface area contributed by atoms with E-state index in [1.807, 2.05) is 0 Å². The van der Waals surface area contributed by atoms with Crippen molar-refractivity contribution in [3.8, 4) is 0 Å². The SMILES string of the molecule is Cc1cccc2c1c1[n+](c3ccccc23)CCN1C. The molecular formula is C17H17N2+. The number of nitrogens with zero attached hydrogens (tertiary/aromatic N) is 2. The topological polar surface area (TPSA) is 7.12 Å². The Labute approximate surface area is 112 Å². The molecule has 0 saturated carbocycles. The van der Waals surface area contributed by atoms with Crippen LogP contribution < -0.4 is 9.47 Å². The summed E-state index contributed by atoms with van der Waals surface area (Å²) >= 11 is 0. The summed E-state index contributed by atoms with van der Waals surface area (Å²) in [5.41, 5.74) is 2.71. The van der Waals surface area contributed by atoms with Gasteiger partial charge in [-0.05, 0) is 18.6 Å². The lowest BCUT2D eigenvalue weighted by molar-refractivity contribution is -0.643. The second-order valence-electron chi connectivity index (χ2n) is 5.41. The largest absolute Gasteiger partial charge is 0.285 e. The van der Waals surface area contributed by atoms with E-state index >= 15 is 0 Å². The van der Waals surface area contributed by atoms with Crippen molar-refractivity contribution in [2.75, 3.05) is 18.5 Å². The Morgan fingerprint density at radius 2 is 1.79 bits per heavy atom. The number of hydrogen-bond donors (Lipinski definition) is 0. The van der Waals surface area contributed by atoms with Crippen molar-refractivity contribution >= 4 is 27.5 Å². The second kappa shape index (κ2) is 3.70. The summed E-state index contributed by atoms with van der Waals surface area (Å²) in [7, 11) is 2.19. The van der Waals surface area contributed by atoms with Crippen molar-refractivity contribution in [2.24, 2.45) is 0 Å². The maximum absolute atomic E-state index is 2.46. The lowest BCUT2D eigenvalue weighted by Crippen LogP contribution is -2.32. The normalized spacial score (nSPS) is 14.3. The highest BCUT2D eigenvalue weighted by atomic mass is 15.3. The molecule has 1 aliphatic heterocycles. The molecule has 0 aliphatic carbocycles. The van der Waals surface area contributed by atoms with Crippen molar-refractivity contribution in [3.63, 3.8) is 0 Å². The Morgan fingerprint density at radius 3 is 2.68 bits per heavy atom. The van der Waals surface area contributed by atoms with E-state index in [0.717, 1.165) is 13.1 Å². The number of anilines is 1. The second-order valence-corrected chi connectivity index (χ2v) is 5.41. The standard InChI is InChI=1S/C17H17N2/c1-12-6-5-8-14-13-7-3-4-9-15(13)19-11-10-18(2)17(19)16(12)14/h3-9H,10-11H2,1-2H3/q+1. The van der Waals surface area contributed by atoms with Crippen LogP contribution in [0.1, 0.15) is 5.56 Å². The predicted octanol–water partition coefficient (Wildman–Crippen LogP) is 3.04. The van der Waals surface area contributed by atoms with Gasteiger partial charge in [0.15, 0.2) is 0 Å². The van der Waals surface area contributed by atoms with Crippen LogP contribution in [0.4, 0.5) is 5.82 Å². The van der Waals surface area contributed by atoms with E-state index in [1.54, 1.807) is 0 Å². The highest BCUT2D eigenvalue weighted by Crippen LogP contribution is 2.33. The fourth-order valence-electron chi connectivity index (χ4n) is 3.35. The first-order valence-corrected chi connectivity index (χ1v) is 6.82. The number of likely N-dealkylation sites (N-methyl/N-ethyl adjacent to an activating group) is 1. The average Bonchev–Trinajstić information content (AvgIpc) is 2.82. The van der Waals surface area contributed by atoms with Crippen LogP contribution in [0.3, 0.4) is 0 Å². The first kappa shape index (κ1) is 10.8. The first-order valence-electron chi connectivity index (χ1n) is 6.82. The van der Waals surface area contributed by atoms with E-state index in [2.05, 4.69) is 65.9 Å². The lowest BCUT2D eigenvalue weighted by atomic mass is 10.0. The third kappa shape index (κ3) is 1.34. The van der Waals surface area contributed by atoms with Crippen molar-refractivity contribution in [1.29, 1.82) is 0 Å². The number of aryl methyl sites for hydroxylation is 1. The summed E-state index contributed by atoms with van der Waals surface area (Å²) in [4.78, 5) is 2.38. The molecule has 0 saturated heterocycles. The molecule has 2 nitrogen and oxygen atoms in total. The van der Waals surface area contributed by atoms with Crippen LogP contribution in [0, 0.1) is 6.92 Å². The van der Waals surface area contributed by atoms with Crippen LogP contribution in [0.5, 0.6) is 0 Å². The lowest BCUT2D eigenvalue weighted by Gasteiger charge is -2.12. The molecule has 0 amide bonds. The van der Waals surface area contributed by atoms with Gasteiger partial charge in [-0.3, -0.25) is 4.90 Å². The predicted molar refractivity (Wildman–Crippen MR) is 79.7 cm³/mol. The Hall–Kier alpha value is -2.09. The smallest absolute Gasteiger partial charge is 0.260 e. The number of hydrogen-bond acceptors (Lipinski definition) is 1. The van der Waals surface area contributed by atoms with Crippen molar-refractivity contribution < 1.29 is 4.57 Å². The molecular weight excluding hydrogens is 232 g/mol. The van der Waals surface area contributed by atoms with Crippen LogP contribution >= 0.6 is 0 Å². The molecule has 0 unspecified atom stereocenters. The minimum absolute atomic E-state index is 1.08. The molecule has 4 rings (SSSR count). The quantitative estimate of drug-likeness (QED) is 0.439. The van der Waals surface area contributed by atoms with Gasteiger partial charge in [0.1, 0.15) is 18.6 Å². The fraction of sp³-hybridized carbons (Fsp3) is 0.235. The van der Waals surface area contributed by atoms with Gasteiger partial charge in [0.05, 0.1) is 12.4 Å². The molecule has 2 heterocycles. The van der Waals surface area contributed by atoms with E-state index in [1.165, 1.54) is 33.1 Å². The summed E-state index contributed by atoms with van der Waals surface area (Å²) < 4.78 is 2.46. The van der Waals surface area contributed by atoms with E-state index < -0.39 is 0 Å². The molecule has 94 valence electrons. The van der Waals surface area contributed by atoms with E-state index in [4.69, 9.17) is 0 Å². The minimum Gasteiger partial charge on any atom is -0.260 e. The average molecular weight is 249 g/mol. The third-order valence-corrected chi connectivity index (χ3v) is 4.26. The van der Waals surface area contributed by atoms with Gasteiger partial charge in [0.2, 0.25) is 0 Å². The van der Waals surface area contributed by atoms with Crippen molar-refractivity contribution in [1.82, 2.24) is 0 Å². The monoisotopic (exact) mass is 249 g/mol. The zero-order valence-corrected chi connectivity index (χ0v) is 11.4. The van der Waals surface area contributed by atoms with Gasteiger partial charge in [-0.25, -0.2) is 4.57 Å². The van der Waals surface area contributed by atoms with Crippen LogP contribution in [0.2, 0.25) is 0 Å². The van der Waals surface area contributed by atoms with Gasteiger partial charge in [0.25, 0.3) is 5.82 Å². The Bertz CT molecular complexity index is 805. The molecule has 0 N–H and O–H groups in total. The zero-order chi connectivity index (χ0) is 13.0. The summed E-state index contributed by atoms with van der Waals surface area (Å²) in [5, 5.41) is 4.14. The number of rotatable bonds is 0. The highest BCUT2D eigenvalue weighted by molar-refractivity contribution is 6.09. The maximum Gasteiger partial charge on any atom is 0.285 e. The Balaban J connectivity index is 2.34. The third-order valence-electron chi connectivity index (χ3n) is 4.26. The summed E-state index contributed by atoms with van der Waals surface area (Å²) in [5.74, 6) is 1.37. The number of benzene rings is 2. The first-order chi connectivity index (χ1) is 9.27. The highest BCUT2D eigenvalue weighted by Gasteiger charge is 2.30. The van der Waals surface area contributed by atoms with E-state index in [9.17, 15) is 0 Å². The molecule has 0 radical (unpaired) electrons. The van der Waals surface area contributed by atoms with Crippen molar-refractivity contribution in [3.05, 3.63) is 48.0 Å². The molecule has 3 aromatic rings. The number of pyridine rings is 1. The molecule has 19 heavy (non-hydrogen) atoms. The van der Waals surface area contributed by atoms with Gasteiger partial charge in [-0.2, -0.15) is 0 Å². The summed E-state index contributed by atoms with van der Waals surface area (Å²) in [6.45, 7) is 4.39. The maximum atomic E-state index is 2.46. The van der Waals surface area contributed by atoms with Crippen molar-refractivity contribution in [2.45, 2.75) is 13.5 Å². The van der Waals surface area contributed by atoms with Gasteiger partial charge in [-0.1, -0.05) is 36.4 Å². The molecule has 2 heteroatoms. The van der Waals surface area contributed by atoms with Crippen LogP contribution in [-0.2, 0) is 6.54 Å². The molecule has 1 aliphatic rings. The molecule has 0 bridgehead atoms. The number of aromatic nitrogens is 1. The van der Waals surface area contributed by atoms with Gasteiger partial charge in [-0.15, -0.1) is 0 Å². The molecule has 0 spiro atoms. The molecule has 1 aromatic heterocycles. The number of para-hydroxylation sites is 1. The Kier molecular flexibility index (Phi) is 2.10. The van der Waals surface area contributed by atoms with Gasteiger partial charge >= 0.3 is 0 Å². The molecule has 0 fully saturated rings. The van der Waals surface area contributed by atoms with Crippen LogP contribution in [0.15, 0.2) is 42.5 Å². The zero-order valence-electron chi connectivity index (χ0n) is 11.4. The minimum atomic E-state index is 1.08. The van der Waals surface area contributed by atoms with E-state index in [-0.39, 0.29) is 0 Å². The number of fused-ring (bicyclic) bond motifs is 6. The molecule has 0 atom stereocenters. The van der Waals surface area contributed by atoms with Gasteiger partial charge < -0.3 is 0 Å². The van der Waals surface area contributed by atoms with Crippen LogP contribution in [-0.4, -0.2) is 13.6 Å². The Morgan fingerprint density at radius 1 is 1.00 bits per heavy atom. The summed E-state index contributed by atoms with van der Waals surface area (Å²) in [6.07, 6.45) is 0. The van der Waals surface area contributed by atoms with E-state index in [0.29, 0.717) is 0 Å².